The third-order valence-corrected chi connectivity index (χ3v) is 4.81. The van der Waals surface area contributed by atoms with Gasteiger partial charge in [0.15, 0.2) is 0 Å². The molecule has 2 heteroatoms. The normalized spacial score (nSPS) is 25.8. The van der Waals surface area contributed by atoms with E-state index < -0.39 is 0 Å². The van der Waals surface area contributed by atoms with Crippen molar-refractivity contribution in [1.29, 1.82) is 0 Å². The first-order valence-electron chi connectivity index (χ1n) is 7.06. The highest BCUT2D eigenvalue weighted by atomic mass is 16.5. The molecule has 1 atom stereocenters. The van der Waals surface area contributed by atoms with Crippen LogP contribution in [0.1, 0.15) is 40.5 Å². The van der Waals surface area contributed by atoms with Crippen LogP contribution in [0.4, 0.5) is 0 Å². The van der Waals surface area contributed by atoms with Crippen LogP contribution in [-0.4, -0.2) is 13.1 Å². The van der Waals surface area contributed by atoms with E-state index in [-0.39, 0.29) is 17.8 Å². The summed E-state index contributed by atoms with van der Waals surface area (Å²) in [6.07, 6.45) is 0.866. The highest BCUT2D eigenvalue weighted by Crippen LogP contribution is 2.55. The van der Waals surface area contributed by atoms with Crippen molar-refractivity contribution in [2.75, 3.05) is 7.11 Å². The topological polar surface area (TPSA) is 26.3 Å². The van der Waals surface area contributed by atoms with Gasteiger partial charge in [-0.3, -0.25) is 4.79 Å². The molecule has 0 aliphatic heterocycles. The number of hydrogen-bond acceptors (Lipinski definition) is 2. The maximum atomic E-state index is 12.2. The van der Waals surface area contributed by atoms with Gasteiger partial charge >= 0.3 is 5.97 Å². The molecule has 100 valence electrons. The molecule has 0 saturated carbocycles. The van der Waals surface area contributed by atoms with Crippen LogP contribution in [0.15, 0.2) is 48.5 Å². The summed E-state index contributed by atoms with van der Waals surface area (Å²) in [4.78, 5) is 12.2. The van der Waals surface area contributed by atoms with Gasteiger partial charge in [-0.15, -0.1) is 0 Å². The maximum Gasteiger partial charge on any atom is 0.309 e. The van der Waals surface area contributed by atoms with Crippen LogP contribution in [-0.2, 0) is 9.53 Å². The molecule has 2 aromatic carbocycles. The Hall–Kier alpha value is -2.09. The molecule has 2 aromatic rings. The number of hydrogen-bond donors (Lipinski definition) is 0. The van der Waals surface area contributed by atoms with Gasteiger partial charge in [-0.2, -0.15) is 0 Å². The van der Waals surface area contributed by atoms with Gasteiger partial charge in [0.25, 0.3) is 0 Å². The van der Waals surface area contributed by atoms with E-state index in [9.17, 15) is 4.79 Å². The summed E-state index contributed by atoms with van der Waals surface area (Å²) >= 11 is 0. The fourth-order valence-electron chi connectivity index (χ4n) is 4.02. The summed E-state index contributed by atoms with van der Waals surface area (Å²) in [5.74, 6) is 0.357. The van der Waals surface area contributed by atoms with E-state index in [1.165, 1.54) is 29.4 Å². The van der Waals surface area contributed by atoms with Gasteiger partial charge in [-0.1, -0.05) is 48.5 Å². The lowest BCUT2D eigenvalue weighted by Crippen LogP contribution is -2.36. The highest BCUT2D eigenvalue weighted by Gasteiger charge is 2.46. The molecule has 0 saturated heterocycles. The van der Waals surface area contributed by atoms with Crippen LogP contribution in [0.3, 0.4) is 0 Å². The fourth-order valence-corrected chi connectivity index (χ4v) is 4.02. The van der Waals surface area contributed by atoms with Gasteiger partial charge in [0.2, 0.25) is 0 Å². The van der Waals surface area contributed by atoms with Gasteiger partial charge in [-0.25, -0.2) is 0 Å². The lowest BCUT2D eigenvalue weighted by Gasteiger charge is -2.44. The molecule has 0 unspecified atom stereocenters. The van der Waals surface area contributed by atoms with Crippen molar-refractivity contribution in [2.24, 2.45) is 5.92 Å². The van der Waals surface area contributed by atoms with Crippen molar-refractivity contribution in [3.05, 3.63) is 70.8 Å². The predicted molar refractivity (Wildman–Crippen MR) is 76.7 cm³/mol. The molecular weight excluding hydrogens is 248 g/mol. The summed E-state index contributed by atoms with van der Waals surface area (Å²) in [7, 11) is 1.49. The molecule has 0 spiro atoms. The first kappa shape index (κ1) is 11.7. The van der Waals surface area contributed by atoms with Gasteiger partial charge < -0.3 is 4.74 Å². The van der Waals surface area contributed by atoms with E-state index in [4.69, 9.17) is 4.74 Å². The van der Waals surface area contributed by atoms with Crippen LogP contribution in [0.25, 0.3) is 0 Å². The molecule has 0 N–H and O–H groups in total. The van der Waals surface area contributed by atoms with Crippen LogP contribution in [0.2, 0.25) is 0 Å². The van der Waals surface area contributed by atoms with Crippen molar-refractivity contribution in [3.63, 3.8) is 0 Å². The lowest BCUT2D eigenvalue weighted by molar-refractivity contribution is -0.146. The zero-order valence-electron chi connectivity index (χ0n) is 11.4. The fraction of sp³-hybridized carbons (Fsp3) is 0.278. The number of carbonyl (C=O) groups is 1. The van der Waals surface area contributed by atoms with Gasteiger partial charge in [0.05, 0.1) is 13.0 Å². The summed E-state index contributed by atoms with van der Waals surface area (Å²) in [5, 5.41) is 0. The SMILES string of the molecule is COC(=O)[C@H]1CC2c3ccccc3C1c1ccccc12. The van der Waals surface area contributed by atoms with Crippen LogP contribution < -0.4 is 0 Å². The zero-order chi connectivity index (χ0) is 13.7. The number of fused-ring (bicyclic) bond motifs is 1. The Kier molecular flexibility index (Phi) is 2.46. The van der Waals surface area contributed by atoms with Crippen LogP contribution >= 0.6 is 0 Å². The summed E-state index contributed by atoms with van der Waals surface area (Å²) in [5.41, 5.74) is 5.38. The third-order valence-electron chi connectivity index (χ3n) is 4.81. The molecule has 0 amide bonds. The largest absolute Gasteiger partial charge is 0.469 e. The van der Waals surface area contributed by atoms with Crippen molar-refractivity contribution < 1.29 is 9.53 Å². The Balaban J connectivity index is 1.95. The van der Waals surface area contributed by atoms with E-state index in [0.29, 0.717) is 5.92 Å². The Morgan fingerprint density at radius 3 is 1.95 bits per heavy atom. The number of benzene rings is 2. The number of rotatable bonds is 1. The average Bonchev–Trinajstić information content (AvgIpc) is 2.54. The Morgan fingerprint density at radius 2 is 1.45 bits per heavy atom. The van der Waals surface area contributed by atoms with Crippen LogP contribution in [0.5, 0.6) is 0 Å². The predicted octanol–water partition coefficient (Wildman–Crippen LogP) is 3.46. The Bertz CT molecular complexity index is 642. The Labute approximate surface area is 118 Å². The van der Waals surface area contributed by atoms with E-state index in [1.54, 1.807) is 0 Å². The quantitative estimate of drug-likeness (QED) is 0.737. The minimum absolute atomic E-state index is 0.0465. The van der Waals surface area contributed by atoms with Crippen molar-refractivity contribution in [2.45, 2.75) is 18.3 Å². The molecule has 0 radical (unpaired) electrons. The number of methoxy groups -OCH3 is 1. The number of esters is 1. The van der Waals surface area contributed by atoms with E-state index in [2.05, 4.69) is 48.5 Å². The molecule has 3 aliphatic carbocycles. The van der Waals surface area contributed by atoms with Gasteiger partial charge in [0.1, 0.15) is 0 Å². The molecule has 5 rings (SSSR count). The van der Waals surface area contributed by atoms with Gasteiger partial charge in [-0.05, 0) is 28.7 Å². The molecule has 2 bridgehead atoms. The number of ether oxygens (including phenoxy) is 1. The smallest absolute Gasteiger partial charge is 0.309 e. The summed E-state index contributed by atoms with van der Waals surface area (Å²) in [6, 6.07) is 17.1. The molecular formula is C18H16O2. The first-order valence-corrected chi connectivity index (χ1v) is 7.06. The van der Waals surface area contributed by atoms with Crippen molar-refractivity contribution >= 4 is 5.97 Å². The minimum Gasteiger partial charge on any atom is -0.469 e. The standard InChI is InChI=1S/C18H16O2/c1-20-18(19)16-10-15-11-6-2-4-8-13(11)17(16)14-9-5-3-7-12(14)15/h2-9,15-17H,10H2,1H3/t15?,16-,17?/m0/s1. The maximum absolute atomic E-state index is 12.2. The molecule has 2 nitrogen and oxygen atoms in total. The lowest BCUT2D eigenvalue weighted by atomic mass is 9.59. The molecule has 0 heterocycles. The molecule has 20 heavy (non-hydrogen) atoms. The molecule has 0 aromatic heterocycles. The zero-order valence-corrected chi connectivity index (χ0v) is 11.4. The van der Waals surface area contributed by atoms with E-state index in [1.807, 2.05) is 0 Å². The highest BCUT2D eigenvalue weighted by molar-refractivity contribution is 5.77. The second-order valence-corrected chi connectivity index (χ2v) is 5.65. The summed E-state index contributed by atoms with van der Waals surface area (Å²) < 4.78 is 5.03. The molecule has 0 fully saturated rings. The Morgan fingerprint density at radius 1 is 0.950 bits per heavy atom. The molecule has 3 aliphatic rings. The average molecular weight is 264 g/mol. The summed E-state index contributed by atoms with van der Waals surface area (Å²) in [6.45, 7) is 0. The van der Waals surface area contributed by atoms with Gasteiger partial charge in [0, 0.05) is 11.8 Å². The third kappa shape index (κ3) is 1.42. The van der Waals surface area contributed by atoms with Crippen molar-refractivity contribution in [3.8, 4) is 0 Å². The number of carbonyl (C=O) groups excluding carboxylic acids is 1. The minimum atomic E-state index is -0.0796. The monoisotopic (exact) mass is 264 g/mol. The van der Waals surface area contributed by atoms with E-state index in [0.717, 1.165) is 6.42 Å². The first-order chi connectivity index (χ1) is 9.81. The van der Waals surface area contributed by atoms with E-state index >= 15 is 0 Å². The van der Waals surface area contributed by atoms with Crippen molar-refractivity contribution in [1.82, 2.24) is 0 Å². The van der Waals surface area contributed by atoms with Crippen LogP contribution in [0, 0.1) is 5.92 Å². The second kappa shape index (κ2) is 4.20. The second-order valence-electron chi connectivity index (χ2n) is 5.65.